The molecule has 0 radical (unpaired) electrons. The summed E-state index contributed by atoms with van der Waals surface area (Å²) in [6, 6.07) is 11.5. The minimum absolute atomic E-state index is 0.0963. The van der Waals surface area contributed by atoms with Gasteiger partial charge in [-0.2, -0.15) is 0 Å². The van der Waals surface area contributed by atoms with Crippen molar-refractivity contribution in [3.05, 3.63) is 82.4 Å². The number of hydrogen-bond acceptors (Lipinski definition) is 2. The second-order valence-electron chi connectivity index (χ2n) is 8.56. The molecule has 1 aliphatic carbocycles. The molecular formula is C26H31NO2. The predicted octanol–water partition coefficient (Wildman–Crippen LogP) is 6.17. The monoisotopic (exact) mass is 389 g/mol. The van der Waals surface area contributed by atoms with Gasteiger partial charge in [-0.25, -0.2) is 4.79 Å². The fraction of sp³-hybridized carbons (Fsp3) is 0.346. The zero-order chi connectivity index (χ0) is 21.2. The SMILES string of the molecule is C=C(c1ccc(C(=O)O)cc1)c1cc2c(cc1C)C(C)(C)CC=C2NCCCC. The van der Waals surface area contributed by atoms with Gasteiger partial charge in [-0.1, -0.05) is 58.0 Å². The summed E-state index contributed by atoms with van der Waals surface area (Å²) in [6.07, 6.45) is 5.66. The molecule has 0 aliphatic heterocycles. The summed E-state index contributed by atoms with van der Waals surface area (Å²) in [5, 5.41) is 12.8. The Bertz CT molecular complexity index is 965. The number of carboxylic acids is 1. The van der Waals surface area contributed by atoms with Crippen molar-refractivity contribution in [3.8, 4) is 0 Å². The van der Waals surface area contributed by atoms with E-state index in [-0.39, 0.29) is 11.0 Å². The van der Waals surface area contributed by atoms with Gasteiger partial charge in [0, 0.05) is 17.8 Å². The molecule has 2 N–H and O–H groups in total. The standard InChI is InChI=1S/C26H31NO2/c1-6-7-14-27-24-12-13-26(4,5)23-15-17(2)21(16-22(23)24)18(3)19-8-10-20(11-9-19)25(28)29/h8-12,15-16,27H,3,6-7,13-14H2,1-2,4-5H3,(H,28,29). The maximum Gasteiger partial charge on any atom is 0.335 e. The summed E-state index contributed by atoms with van der Waals surface area (Å²) in [7, 11) is 0. The number of carbonyl (C=O) groups is 1. The third kappa shape index (κ3) is 4.29. The van der Waals surface area contributed by atoms with Crippen molar-refractivity contribution in [1.82, 2.24) is 5.32 Å². The number of fused-ring (bicyclic) bond motifs is 1. The van der Waals surface area contributed by atoms with Gasteiger partial charge in [0.2, 0.25) is 0 Å². The average Bonchev–Trinajstić information content (AvgIpc) is 2.69. The van der Waals surface area contributed by atoms with E-state index in [9.17, 15) is 4.79 Å². The first-order chi connectivity index (χ1) is 13.7. The molecule has 2 aromatic carbocycles. The molecule has 152 valence electrons. The number of unbranched alkanes of at least 4 members (excludes halogenated alkanes) is 1. The Morgan fingerprint density at radius 1 is 1.17 bits per heavy atom. The molecule has 3 rings (SSSR count). The van der Waals surface area contributed by atoms with Crippen LogP contribution in [0, 0.1) is 6.92 Å². The Kier molecular flexibility index (Phi) is 5.97. The Morgan fingerprint density at radius 2 is 1.83 bits per heavy atom. The van der Waals surface area contributed by atoms with Crippen LogP contribution >= 0.6 is 0 Å². The lowest BCUT2D eigenvalue weighted by Crippen LogP contribution is -2.26. The first-order valence-electron chi connectivity index (χ1n) is 10.4. The van der Waals surface area contributed by atoms with E-state index >= 15 is 0 Å². The van der Waals surface area contributed by atoms with Gasteiger partial charge in [0.15, 0.2) is 0 Å². The van der Waals surface area contributed by atoms with E-state index in [2.05, 4.69) is 57.8 Å². The van der Waals surface area contributed by atoms with Gasteiger partial charge in [-0.3, -0.25) is 0 Å². The van der Waals surface area contributed by atoms with Crippen molar-refractivity contribution in [1.29, 1.82) is 0 Å². The Hall–Kier alpha value is -2.81. The maximum atomic E-state index is 11.1. The van der Waals surface area contributed by atoms with E-state index < -0.39 is 5.97 Å². The minimum Gasteiger partial charge on any atom is -0.478 e. The zero-order valence-corrected chi connectivity index (χ0v) is 17.9. The highest BCUT2D eigenvalue weighted by molar-refractivity contribution is 5.89. The third-order valence-electron chi connectivity index (χ3n) is 5.85. The van der Waals surface area contributed by atoms with E-state index in [1.165, 1.54) is 28.8 Å². The number of allylic oxidation sites excluding steroid dienone is 1. The number of aryl methyl sites for hydroxylation is 1. The van der Waals surface area contributed by atoms with Crippen LogP contribution in [0.25, 0.3) is 11.3 Å². The lowest BCUT2D eigenvalue weighted by Gasteiger charge is -2.33. The third-order valence-corrected chi connectivity index (χ3v) is 5.85. The molecule has 0 bridgehead atoms. The van der Waals surface area contributed by atoms with E-state index in [0.717, 1.165) is 36.1 Å². The topological polar surface area (TPSA) is 49.3 Å². The molecular weight excluding hydrogens is 358 g/mol. The number of rotatable bonds is 7. The van der Waals surface area contributed by atoms with Crippen LogP contribution in [0.4, 0.5) is 0 Å². The molecule has 0 fully saturated rings. The van der Waals surface area contributed by atoms with E-state index in [1.807, 2.05) is 12.1 Å². The molecule has 2 aromatic rings. The number of carboxylic acid groups (broad SMARTS) is 1. The normalized spacial score (nSPS) is 14.7. The number of nitrogens with one attached hydrogen (secondary N) is 1. The Labute approximate surface area is 174 Å². The fourth-order valence-corrected chi connectivity index (χ4v) is 3.93. The predicted molar refractivity (Wildman–Crippen MR) is 121 cm³/mol. The van der Waals surface area contributed by atoms with Crippen LogP contribution < -0.4 is 5.32 Å². The largest absolute Gasteiger partial charge is 0.478 e. The summed E-state index contributed by atoms with van der Waals surface area (Å²) >= 11 is 0. The lowest BCUT2D eigenvalue weighted by molar-refractivity contribution is 0.0697. The molecule has 1 aliphatic rings. The van der Waals surface area contributed by atoms with Gasteiger partial charge in [0.05, 0.1) is 5.56 Å². The highest BCUT2D eigenvalue weighted by Crippen LogP contribution is 2.40. The molecule has 0 aromatic heterocycles. The van der Waals surface area contributed by atoms with Crippen molar-refractivity contribution in [2.24, 2.45) is 0 Å². The molecule has 0 atom stereocenters. The van der Waals surface area contributed by atoms with Crippen molar-refractivity contribution >= 4 is 17.2 Å². The minimum atomic E-state index is -0.915. The highest BCUT2D eigenvalue weighted by Gasteiger charge is 2.29. The second kappa shape index (κ2) is 8.28. The van der Waals surface area contributed by atoms with Crippen LogP contribution in [0.1, 0.15) is 78.2 Å². The van der Waals surface area contributed by atoms with E-state index in [1.54, 1.807) is 12.1 Å². The maximum absolute atomic E-state index is 11.1. The van der Waals surface area contributed by atoms with Crippen LogP contribution in [-0.2, 0) is 5.41 Å². The van der Waals surface area contributed by atoms with Crippen LogP contribution in [0.3, 0.4) is 0 Å². The molecule has 0 saturated carbocycles. The zero-order valence-electron chi connectivity index (χ0n) is 17.9. The first kappa shape index (κ1) is 20.9. The van der Waals surface area contributed by atoms with Crippen LogP contribution in [0.5, 0.6) is 0 Å². The van der Waals surface area contributed by atoms with Crippen molar-refractivity contribution in [2.45, 2.75) is 52.4 Å². The molecule has 0 amide bonds. The number of benzene rings is 2. The summed E-state index contributed by atoms with van der Waals surface area (Å²) in [6.45, 7) is 14.2. The Morgan fingerprint density at radius 3 is 2.45 bits per heavy atom. The second-order valence-corrected chi connectivity index (χ2v) is 8.56. The number of aromatic carboxylic acids is 1. The fourth-order valence-electron chi connectivity index (χ4n) is 3.93. The van der Waals surface area contributed by atoms with Crippen molar-refractivity contribution in [3.63, 3.8) is 0 Å². The Balaban J connectivity index is 2.01. The van der Waals surface area contributed by atoms with Crippen molar-refractivity contribution < 1.29 is 9.90 Å². The van der Waals surface area contributed by atoms with Crippen LogP contribution in [0.15, 0.2) is 49.1 Å². The van der Waals surface area contributed by atoms with Gasteiger partial charge in [-0.05, 0) is 71.2 Å². The molecule has 29 heavy (non-hydrogen) atoms. The molecule has 0 spiro atoms. The van der Waals surface area contributed by atoms with Gasteiger partial charge >= 0.3 is 5.97 Å². The average molecular weight is 390 g/mol. The first-order valence-corrected chi connectivity index (χ1v) is 10.4. The quantitative estimate of drug-likeness (QED) is 0.557. The molecule has 0 saturated heterocycles. The van der Waals surface area contributed by atoms with Gasteiger partial charge < -0.3 is 10.4 Å². The van der Waals surface area contributed by atoms with Crippen LogP contribution in [-0.4, -0.2) is 17.6 Å². The summed E-state index contributed by atoms with van der Waals surface area (Å²) in [4.78, 5) is 11.1. The molecule has 0 unspecified atom stereocenters. The van der Waals surface area contributed by atoms with Gasteiger partial charge in [-0.15, -0.1) is 0 Å². The molecule has 3 nitrogen and oxygen atoms in total. The smallest absolute Gasteiger partial charge is 0.335 e. The molecule has 0 heterocycles. The highest BCUT2D eigenvalue weighted by atomic mass is 16.4. The number of hydrogen-bond donors (Lipinski definition) is 2. The van der Waals surface area contributed by atoms with Gasteiger partial charge in [0.25, 0.3) is 0 Å². The summed E-state index contributed by atoms with van der Waals surface area (Å²) in [5.41, 5.74) is 8.37. The molecule has 3 heteroatoms. The van der Waals surface area contributed by atoms with E-state index in [0.29, 0.717) is 0 Å². The van der Waals surface area contributed by atoms with Gasteiger partial charge in [0.1, 0.15) is 0 Å². The van der Waals surface area contributed by atoms with E-state index in [4.69, 9.17) is 5.11 Å². The summed E-state index contributed by atoms with van der Waals surface area (Å²) < 4.78 is 0. The van der Waals surface area contributed by atoms with Crippen LogP contribution in [0.2, 0.25) is 0 Å². The summed E-state index contributed by atoms with van der Waals surface area (Å²) in [5.74, 6) is -0.915. The van der Waals surface area contributed by atoms with Crippen molar-refractivity contribution in [2.75, 3.05) is 6.54 Å². The lowest BCUT2D eigenvalue weighted by atomic mass is 9.73.